The Balaban J connectivity index is 1.87. The molecule has 3 rings (SSSR count). The fourth-order valence-corrected chi connectivity index (χ4v) is 2.86. The summed E-state index contributed by atoms with van der Waals surface area (Å²) >= 11 is 5.74. The van der Waals surface area contributed by atoms with Gasteiger partial charge in [-0.05, 0) is 48.6 Å². The van der Waals surface area contributed by atoms with Gasteiger partial charge in [0.25, 0.3) is 0 Å². The van der Waals surface area contributed by atoms with Gasteiger partial charge in [0.15, 0.2) is 5.79 Å². The van der Waals surface area contributed by atoms with Crippen molar-refractivity contribution in [1.29, 1.82) is 0 Å². The summed E-state index contributed by atoms with van der Waals surface area (Å²) in [5, 5.41) is 10.8. The van der Waals surface area contributed by atoms with Gasteiger partial charge in [-0.1, -0.05) is 0 Å². The Bertz CT molecular complexity index is 819. The first-order chi connectivity index (χ1) is 11.9. The van der Waals surface area contributed by atoms with Crippen LogP contribution in [-0.4, -0.2) is 35.1 Å². The number of halogens is 1. The summed E-state index contributed by atoms with van der Waals surface area (Å²) < 4.78 is 15.9. The van der Waals surface area contributed by atoms with Crippen LogP contribution in [0, 0.1) is 6.92 Å². The van der Waals surface area contributed by atoms with E-state index >= 15 is 0 Å². The molecule has 7 nitrogen and oxygen atoms in total. The first-order valence-electron chi connectivity index (χ1n) is 7.62. The van der Waals surface area contributed by atoms with Gasteiger partial charge in [-0.25, -0.2) is 4.98 Å². The zero-order valence-corrected chi connectivity index (χ0v) is 14.4. The van der Waals surface area contributed by atoms with Gasteiger partial charge < -0.3 is 19.2 Å². The quantitative estimate of drug-likeness (QED) is 0.491. The van der Waals surface area contributed by atoms with Crippen molar-refractivity contribution in [3.8, 4) is 11.6 Å². The number of fused-ring (bicyclic) bond motifs is 1. The molecule has 1 aromatic carbocycles. The van der Waals surface area contributed by atoms with E-state index in [1.54, 1.807) is 32.0 Å². The van der Waals surface area contributed by atoms with E-state index in [1.807, 2.05) is 0 Å². The third kappa shape index (κ3) is 3.76. The van der Waals surface area contributed by atoms with Crippen LogP contribution in [0.4, 0.5) is 0 Å². The molecule has 1 aliphatic heterocycles. The van der Waals surface area contributed by atoms with Crippen molar-refractivity contribution in [3.63, 3.8) is 0 Å². The van der Waals surface area contributed by atoms with Crippen molar-refractivity contribution in [3.05, 3.63) is 40.8 Å². The Kier molecular flexibility index (Phi) is 4.94. The summed E-state index contributed by atoms with van der Waals surface area (Å²) in [6, 6.07) is 4.97. The number of ether oxygens (including phenoxy) is 2. The van der Waals surface area contributed by atoms with Crippen LogP contribution in [0.15, 0.2) is 24.4 Å². The lowest BCUT2D eigenvalue weighted by molar-refractivity contribution is -0.174. The number of aliphatic hydroxyl groups is 1. The number of carbonyl (C=O) groups excluding carboxylic acids is 1. The minimum Gasteiger partial charge on any atom is -0.466 e. The Hall–Kier alpha value is -2.16. The zero-order chi connectivity index (χ0) is 18.0. The van der Waals surface area contributed by atoms with E-state index in [2.05, 4.69) is 9.97 Å². The van der Waals surface area contributed by atoms with E-state index in [0.29, 0.717) is 28.2 Å². The van der Waals surface area contributed by atoms with Gasteiger partial charge in [0.2, 0.25) is 11.2 Å². The van der Waals surface area contributed by atoms with E-state index in [9.17, 15) is 9.90 Å². The van der Waals surface area contributed by atoms with Crippen LogP contribution >= 0.6 is 11.6 Å². The van der Waals surface area contributed by atoms with Crippen LogP contribution in [0.5, 0.6) is 11.6 Å². The molecule has 1 radical (unpaired) electrons. The second-order valence-electron chi connectivity index (χ2n) is 5.47. The molecule has 1 aromatic heterocycles. The largest absolute Gasteiger partial charge is 0.466 e. The number of aromatic nitrogens is 2. The Morgan fingerprint density at radius 2 is 2.28 bits per heavy atom. The Morgan fingerprint density at radius 3 is 3.00 bits per heavy atom. The van der Waals surface area contributed by atoms with Crippen LogP contribution in [-0.2, 0) is 20.0 Å². The average Bonchev–Trinajstić information content (AvgIpc) is 2.84. The van der Waals surface area contributed by atoms with E-state index in [1.165, 1.54) is 13.7 Å². The molecule has 2 aromatic rings. The van der Waals surface area contributed by atoms with Gasteiger partial charge in [0.05, 0.1) is 6.61 Å². The van der Waals surface area contributed by atoms with Crippen LogP contribution < -0.4 is 10.2 Å². The zero-order valence-electron chi connectivity index (χ0n) is 13.7. The molecule has 25 heavy (non-hydrogen) atoms. The fourth-order valence-electron chi connectivity index (χ4n) is 2.72. The number of carbonyl (C=O) groups is 1. The number of aryl methyl sites for hydroxylation is 1. The highest BCUT2D eigenvalue weighted by molar-refractivity contribution is 6.49. The van der Waals surface area contributed by atoms with E-state index < -0.39 is 11.8 Å². The Labute approximate surface area is 150 Å². The first kappa shape index (κ1) is 17.7. The predicted molar refractivity (Wildman–Crippen MR) is 89.9 cm³/mol. The van der Waals surface area contributed by atoms with Crippen molar-refractivity contribution in [2.24, 2.45) is 0 Å². The Morgan fingerprint density at radius 1 is 1.48 bits per heavy atom. The van der Waals surface area contributed by atoms with E-state index in [4.69, 9.17) is 25.7 Å². The summed E-state index contributed by atoms with van der Waals surface area (Å²) in [6.07, 6.45) is 1.19. The second-order valence-corrected chi connectivity index (χ2v) is 5.81. The highest BCUT2D eigenvalue weighted by Gasteiger charge is 2.42. The summed E-state index contributed by atoms with van der Waals surface area (Å²) in [7, 11) is 1.39. The van der Waals surface area contributed by atoms with Gasteiger partial charge in [-0.3, -0.25) is 4.79 Å². The molecule has 0 fully saturated rings. The fraction of sp³-hybridized carbons (Fsp3) is 0.312. The molecule has 1 atom stereocenters. The molecule has 0 aliphatic carbocycles. The average molecular weight is 362 g/mol. The summed E-state index contributed by atoms with van der Waals surface area (Å²) in [5.74, 6) is -1.50. The number of benzene rings is 1. The van der Waals surface area contributed by atoms with Gasteiger partial charge >= 0.3 is 13.5 Å². The van der Waals surface area contributed by atoms with Gasteiger partial charge in [-0.15, -0.1) is 0 Å². The number of esters is 1. The van der Waals surface area contributed by atoms with Gasteiger partial charge in [-0.2, -0.15) is 4.98 Å². The van der Waals surface area contributed by atoms with Crippen molar-refractivity contribution in [2.75, 3.05) is 6.61 Å². The number of nitrogens with zero attached hydrogens (tertiary/aromatic N) is 2. The lowest BCUT2D eigenvalue weighted by Gasteiger charge is -2.25. The molecule has 1 unspecified atom stereocenters. The van der Waals surface area contributed by atoms with E-state index in [0.717, 1.165) is 0 Å². The van der Waals surface area contributed by atoms with Crippen molar-refractivity contribution >= 4 is 30.5 Å². The lowest BCUT2D eigenvalue weighted by Crippen LogP contribution is -2.31. The maximum Gasteiger partial charge on any atom is 0.334 e. The molecule has 9 heteroatoms. The van der Waals surface area contributed by atoms with Crippen LogP contribution in [0.3, 0.4) is 0 Å². The van der Waals surface area contributed by atoms with Crippen LogP contribution in [0.25, 0.3) is 0 Å². The molecule has 2 heterocycles. The molecule has 0 saturated heterocycles. The highest BCUT2D eigenvalue weighted by atomic mass is 35.5. The molecule has 0 bridgehead atoms. The number of hydrogen-bond acceptors (Lipinski definition) is 7. The maximum absolute atomic E-state index is 11.7. The van der Waals surface area contributed by atoms with Gasteiger partial charge in [0, 0.05) is 17.8 Å². The van der Waals surface area contributed by atoms with Crippen LogP contribution in [0.2, 0.25) is 5.28 Å². The lowest BCUT2D eigenvalue weighted by atomic mass is 9.83. The number of rotatable bonds is 5. The topological polar surface area (TPSA) is 90.8 Å². The minimum absolute atomic E-state index is 0.0779. The third-order valence-electron chi connectivity index (χ3n) is 3.62. The van der Waals surface area contributed by atoms with Crippen molar-refractivity contribution in [2.45, 2.75) is 26.1 Å². The molecule has 1 N–H and O–H groups in total. The molecular weight excluding hydrogens is 346 g/mol. The molecule has 0 saturated carbocycles. The second kappa shape index (κ2) is 6.99. The summed E-state index contributed by atoms with van der Waals surface area (Å²) in [5.41, 5.74) is 1.82. The van der Waals surface area contributed by atoms with Crippen molar-refractivity contribution < 1.29 is 24.0 Å². The van der Waals surface area contributed by atoms with Crippen molar-refractivity contribution in [1.82, 2.24) is 9.97 Å². The molecular formula is C16H15BClN2O5. The van der Waals surface area contributed by atoms with E-state index in [-0.39, 0.29) is 18.3 Å². The SMILES string of the molecule is CCOC(=O)CC1(O)O[B]c2cc(Oc3ccnc(Cl)n3)cc(C)c21. The monoisotopic (exact) mass is 361 g/mol. The highest BCUT2D eigenvalue weighted by Crippen LogP contribution is 2.34. The molecule has 129 valence electrons. The predicted octanol–water partition coefficient (Wildman–Crippen LogP) is 1.60. The minimum atomic E-state index is -1.75. The van der Waals surface area contributed by atoms with Gasteiger partial charge in [0.1, 0.15) is 12.2 Å². The standard InChI is InChI=1S/C16H15BClN2O5/c1-3-23-13(21)8-16(22)14-9(2)6-10(7-11(14)17-25-16)24-12-4-5-19-15(18)20-12/h4-7,22H,3,8H2,1-2H3. The molecule has 0 spiro atoms. The molecule has 0 amide bonds. The molecule has 1 aliphatic rings. The summed E-state index contributed by atoms with van der Waals surface area (Å²) in [6.45, 7) is 3.72. The maximum atomic E-state index is 11.7. The summed E-state index contributed by atoms with van der Waals surface area (Å²) in [4.78, 5) is 19.5. The number of hydrogen-bond donors (Lipinski definition) is 1. The third-order valence-corrected chi connectivity index (χ3v) is 3.81. The van der Waals surface area contributed by atoms with Crippen LogP contribution in [0.1, 0.15) is 24.5 Å². The normalized spacial score (nSPS) is 18.4. The smallest absolute Gasteiger partial charge is 0.334 e. The first-order valence-corrected chi connectivity index (χ1v) is 7.99.